The summed E-state index contributed by atoms with van der Waals surface area (Å²) in [6.07, 6.45) is 4.23. The largest absolute Gasteiger partial charge is 0.473 e. The maximum Gasteiger partial charge on any atom is 0.241 e. The van der Waals surface area contributed by atoms with Crippen LogP contribution in [0.4, 0.5) is 0 Å². The molecule has 1 fully saturated rings. The maximum atomic E-state index is 13.0. The first-order valence-electron chi connectivity index (χ1n) is 9.97. The van der Waals surface area contributed by atoms with E-state index in [2.05, 4.69) is 17.1 Å². The lowest BCUT2D eigenvalue weighted by Gasteiger charge is -2.34. The Balaban J connectivity index is 1.40. The minimum absolute atomic E-state index is 0.0564. The third-order valence-electron chi connectivity index (χ3n) is 5.48. The van der Waals surface area contributed by atoms with Crippen LogP contribution in [-0.2, 0) is 4.79 Å². The second-order valence-corrected chi connectivity index (χ2v) is 7.25. The molecular formula is C23H25N3O2. The van der Waals surface area contributed by atoms with Crippen molar-refractivity contribution in [2.75, 3.05) is 13.1 Å². The van der Waals surface area contributed by atoms with Gasteiger partial charge in [0, 0.05) is 36.7 Å². The molecule has 1 unspecified atom stereocenters. The highest BCUT2D eigenvalue weighted by Crippen LogP contribution is 2.27. The number of hydrogen-bond donors (Lipinski definition) is 0. The van der Waals surface area contributed by atoms with E-state index in [1.165, 1.54) is 0 Å². The summed E-state index contributed by atoms with van der Waals surface area (Å²) in [5.74, 6) is 0.735. The Morgan fingerprint density at radius 3 is 2.57 bits per heavy atom. The van der Waals surface area contributed by atoms with Crippen molar-refractivity contribution in [1.29, 1.82) is 0 Å². The van der Waals surface area contributed by atoms with Crippen LogP contribution >= 0.6 is 0 Å². The van der Waals surface area contributed by atoms with E-state index in [0.717, 1.165) is 35.6 Å². The number of likely N-dealkylation sites (tertiary alicyclic amines) is 1. The second kappa shape index (κ2) is 8.38. The Bertz CT molecular complexity index is 931. The normalized spacial score (nSPS) is 16.1. The van der Waals surface area contributed by atoms with Crippen molar-refractivity contribution in [3.05, 3.63) is 66.4 Å². The predicted molar refractivity (Wildman–Crippen MR) is 109 cm³/mol. The van der Waals surface area contributed by atoms with Crippen molar-refractivity contribution in [3.63, 3.8) is 0 Å². The molecule has 1 aliphatic rings. The molecule has 0 bridgehead atoms. The Morgan fingerprint density at radius 2 is 1.82 bits per heavy atom. The van der Waals surface area contributed by atoms with Gasteiger partial charge in [-0.25, -0.2) is 0 Å². The topological polar surface area (TPSA) is 55.3 Å². The van der Waals surface area contributed by atoms with Crippen LogP contribution in [0.15, 0.2) is 60.8 Å². The molecule has 1 saturated heterocycles. The monoisotopic (exact) mass is 375 g/mol. The maximum absolute atomic E-state index is 13.0. The molecule has 4 rings (SSSR count). The molecule has 2 aromatic carbocycles. The molecule has 3 aromatic rings. The molecule has 0 N–H and O–H groups in total. The van der Waals surface area contributed by atoms with Crippen LogP contribution in [0.3, 0.4) is 0 Å². The van der Waals surface area contributed by atoms with Crippen molar-refractivity contribution in [2.24, 2.45) is 0 Å². The van der Waals surface area contributed by atoms with E-state index in [1.807, 2.05) is 59.5 Å². The SMILES string of the molecule is CCC(C(=O)N1CCC(Oc2nncc3ccccc23)CC1)c1ccccc1. The molecule has 28 heavy (non-hydrogen) atoms. The predicted octanol–water partition coefficient (Wildman–Crippen LogP) is 4.19. The lowest BCUT2D eigenvalue weighted by Crippen LogP contribution is -2.43. The standard InChI is InChI=1S/C23H25N3O2/c1-2-20(17-8-4-3-5-9-17)23(27)26-14-12-19(13-15-26)28-22-21-11-7-6-10-18(21)16-24-25-22/h3-11,16,19-20H,2,12-15H2,1H3. The molecule has 0 aliphatic carbocycles. The van der Waals surface area contributed by atoms with Gasteiger partial charge in [0.15, 0.2) is 0 Å². The molecule has 0 saturated carbocycles. The smallest absolute Gasteiger partial charge is 0.241 e. The molecule has 0 spiro atoms. The Hall–Kier alpha value is -2.95. The zero-order valence-corrected chi connectivity index (χ0v) is 16.1. The molecule has 1 atom stereocenters. The average Bonchev–Trinajstić information content (AvgIpc) is 2.76. The number of ether oxygens (including phenoxy) is 1. The number of piperidine rings is 1. The van der Waals surface area contributed by atoms with Gasteiger partial charge in [-0.15, -0.1) is 5.10 Å². The number of nitrogens with zero attached hydrogens (tertiary/aromatic N) is 3. The van der Waals surface area contributed by atoms with Gasteiger partial charge in [-0.1, -0.05) is 55.5 Å². The minimum Gasteiger partial charge on any atom is -0.473 e. The van der Waals surface area contributed by atoms with E-state index >= 15 is 0 Å². The van der Waals surface area contributed by atoms with Crippen LogP contribution < -0.4 is 4.74 Å². The number of carbonyl (C=O) groups is 1. The molecule has 1 aromatic heterocycles. The highest BCUT2D eigenvalue weighted by atomic mass is 16.5. The van der Waals surface area contributed by atoms with E-state index in [4.69, 9.17) is 4.74 Å². The van der Waals surface area contributed by atoms with Crippen LogP contribution in [0.5, 0.6) is 5.88 Å². The Morgan fingerprint density at radius 1 is 1.11 bits per heavy atom. The molecule has 2 heterocycles. The minimum atomic E-state index is -0.0670. The molecule has 1 amide bonds. The van der Waals surface area contributed by atoms with Crippen LogP contribution in [0.1, 0.15) is 37.7 Å². The van der Waals surface area contributed by atoms with Gasteiger partial charge in [0.25, 0.3) is 0 Å². The van der Waals surface area contributed by atoms with E-state index in [-0.39, 0.29) is 17.9 Å². The quantitative estimate of drug-likeness (QED) is 0.671. The van der Waals surface area contributed by atoms with E-state index in [1.54, 1.807) is 6.20 Å². The molecule has 5 heteroatoms. The summed E-state index contributed by atoms with van der Waals surface area (Å²) in [5, 5.41) is 10.2. The number of rotatable bonds is 5. The average molecular weight is 375 g/mol. The Kier molecular flexibility index (Phi) is 5.51. The van der Waals surface area contributed by atoms with Crippen molar-refractivity contribution in [3.8, 4) is 5.88 Å². The van der Waals surface area contributed by atoms with Gasteiger partial charge >= 0.3 is 0 Å². The fourth-order valence-electron chi connectivity index (χ4n) is 3.90. The first-order valence-corrected chi connectivity index (χ1v) is 9.97. The zero-order chi connectivity index (χ0) is 19.3. The molecule has 144 valence electrons. The summed E-state index contributed by atoms with van der Waals surface area (Å²) < 4.78 is 6.16. The van der Waals surface area contributed by atoms with Crippen LogP contribution in [0.2, 0.25) is 0 Å². The third-order valence-corrected chi connectivity index (χ3v) is 5.48. The van der Waals surface area contributed by atoms with Crippen LogP contribution in [0.25, 0.3) is 10.8 Å². The van der Waals surface area contributed by atoms with Crippen molar-refractivity contribution in [2.45, 2.75) is 38.2 Å². The molecule has 1 aliphatic heterocycles. The summed E-state index contributed by atoms with van der Waals surface area (Å²) >= 11 is 0. The third kappa shape index (κ3) is 3.84. The van der Waals surface area contributed by atoms with Gasteiger partial charge in [-0.2, -0.15) is 5.10 Å². The first-order chi connectivity index (χ1) is 13.8. The zero-order valence-electron chi connectivity index (χ0n) is 16.1. The first kappa shape index (κ1) is 18.4. The lowest BCUT2D eigenvalue weighted by atomic mass is 9.94. The number of hydrogen-bond acceptors (Lipinski definition) is 4. The van der Waals surface area contributed by atoms with Crippen molar-refractivity contribution < 1.29 is 9.53 Å². The van der Waals surface area contributed by atoms with E-state index in [9.17, 15) is 4.79 Å². The van der Waals surface area contributed by atoms with Gasteiger partial charge in [0.1, 0.15) is 6.10 Å². The number of amides is 1. The Labute approximate surface area is 165 Å². The van der Waals surface area contributed by atoms with Crippen molar-refractivity contribution >= 4 is 16.7 Å². The number of fused-ring (bicyclic) bond motifs is 1. The lowest BCUT2D eigenvalue weighted by molar-refractivity contribution is -0.134. The summed E-state index contributed by atoms with van der Waals surface area (Å²) in [6.45, 7) is 3.50. The summed E-state index contributed by atoms with van der Waals surface area (Å²) in [6, 6.07) is 18.0. The highest BCUT2D eigenvalue weighted by molar-refractivity contribution is 5.86. The summed E-state index contributed by atoms with van der Waals surface area (Å²) in [7, 11) is 0. The van der Waals surface area contributed by atoms with Gasteiger partial charge in [0.05, 0.1) is 12.1 Å². The molecule has 5 nitrogen and oxygen atoms in total. The number of aromatic nitrogens is 2. The molecule has 0 radical (unpaired) electrons. The van der Waals surface area contributed by atoms with Gasteiger partial charge < -0.3 is 9.64 Å². The second-order valence-electron chi connectivity index (χ2n) is 7.25. The number of benzene rings is 2. The summed E-state index contributed by atoms with van der Waals surface area (Å²) in [4.78, 5) is 15.0. The molecular weight excluding hydrogens is 350 g/mol. The van der Waals surface area contributed by atoms with E-state index < -0.39 is 0 Å². The van der Waals surface area contributed by atoms with Crippen molar-refractivity contribution in [1.82, 2.24) is 15.1 Å². The fraction of sp³-hybridized carbons (Fsp3) is 0.348. The number of carbonyl (C=O) groups excluding carboxylic acids is 1. The van der Waals surface area contributed by atoms with Gasteiger partial charge in [-0.3, -0.25) is 4.79 Å². The van der Waals surface area contributed by atoms with Crippen LogP contribution in [-0.4, -0.2) is 40.2 Å². The van der Waals surface area contributed by atoms with E-state index in [0.29, 0.717) is 19.0 Å². The van der Waals surface area contributed by atoms with Crippen LogP contribution in [0, 0.1) is 0 Å². The fourth-order valence-corrected chi connectivity index (χ4v) is 3.90. The highest BCUT2D eigenvalue weighted by Gasteiger charge is 2.29. The summed E-state index contributed by atoms with van der Waals surface area (Å²) in [5.41, 5.74) is 1.10. The van der Waals surface area contributed by atoms with Gasteiger partial charge in [-0.05, 0) is 18.1 Å². The van der Waals surface area contributed by atoms with Gasteiger partial charge in [0.2, 0.25) is 11.8 Å².